The van der Waals surface area contributed by atoms with Gasteiger partial charge >= 0.3 is 0 Å². The second kappa shape index (κ2) is 5.11. The van der Waals surface area contributed by atoms with E-state index in [1.54, 1.807) is 0 Å². The number of hydrogen-bond acceptors (Lipinski definition) is 3. The van der Waals surface area contributed by atoms with Gasteiger partial charge in [0.25, 0.3) is 0 Å². The molecule has 0 amide bonds. The average Bonchev–Trinajstić information content (AvgIpc) is 2.52. The molecule has 3 nitrogen and oxygen atoms in total. The van der Waals surface area contributed by atoms with Gasteiger partial charge in [0, 0.05) is 25.4 Å². The van der Waals surface area contributed by atoms with Gasteiger partial charge < -0.3 is 0 Å². The van der Waals surface area contributed by atoms with Crippen LogP contribution in [0.2, 0.25) is 0 Å². The van der Waals surface area contributed by atoms with E-state index in [1.807, 2.05) is 0 Å². The van der Waals surface area contributed by atoms with Crippen molar-refractivity contribution in [1.82, 2.24) is 4.90 Å². The molecule has 0 heterocycles. The maximum Gasteiger partial charge on any atom is 0.149 e. The maximum atomic E-state index is 11.6. The van der Waals surface area contributed by atoms with Crippen LogP contribution in [-0.2, 0) is 4.79 Å². The lowest BCUT2D eigenvalue weighted by molar-refractivity contribution is -0.122. The predicted octanol–water partition coefficient (Wildman–Crippen LogP) is 1.73. The smallest absolute Gasteiger partial charge is 0.149 e. The molecule has 0 aromatic heterocycles. The van der Waals surface area contributed by atoms with Crippen molar-refractivity contribution in [2.45, 2.75) is 51.6 Å². The molecule has 0 aliphatic heterocycles. The third kappa shape index (κ3) is 2.55. The van der Waals surface area contributed by atoms with Crippen LogP contribution in [0.25, 0.3) is 0 Å². The van der Waals surface area contributed by atoms with Gasteiger partial charge in [0.1, 0.15) is 5.78 Å². The molecule has 0 radical (unpaired) electrons. The summed E-state index contributed by atoms with van der Waals surface area (Å²) in [6.07, 6.45) is 3.23. The van der Waals surface area contributed by atoms with Crippen molar-refractivity contribution in [2.75, 3.05) is 6.54 Å². The fourth-order valence-corrected chi connectivity index (χ4v) is 2.10. The van der Waals surface area contributed by atoms with Gasteiger partial charge in [0.05, 0.1) is 12.1 Å². The van der Waals surface area contributed by atoms with E-state index in [4.69, 9.17) is 5.26 Å². The Morgan fingerprint density at radius 3 is 2.79 bits per heavy atom. The minimum atomic E-state index is 0.0864. The summed E-state index contributed by atoms with van der Waals surface area (Å²) in [5.41, 5.74) is 0. The number of carbonyl (C=O) groups is 1. The van der Waals surface area contributed by atoms with Crippen LogP contribution in [0.4, 0.5) is 0 Å². The molecule has 0 aromatic carbocycles. The van der Waals surface area contributed by atoms with Gasteiger partial charge in [-0.1, -0.05) is 0 Å². The van der Waals surface area contributed by atoms with E-state index < -0.39 is 0 Å². The Bertz CT molecular complexity index is 242. The molecule has 0 saturated heterocycles. The summed E-state index contributed by atoms with van der Waals surface area (Å²) in [7, 11) is 0. The van der Waals surface area contributed by atoms with E-state index in [9.17, 15) is 4.79 Å². The third-order valence-corrected chi connectivity index (χ3v) is 2.82. The third-order valence-electron chi connectivity index (χ3n) is 2.82. The van der Waals surface area contributed by atoms with Gasteiger partial charge in [-0.2, -0.15) is 5.26 Å². The molecule has 1 fully saturated rings. The largest absolute Gasteiger partial charge is 0.298 e. The first-order chi connectivity index (χ1) is 6.66. The number of carbonyl (C=O) groups excluding carboxylic acids is 1. The minimum absolute atomic E-state index is 0.0864. The Balaban J connectivity index is 2.58. The van der Waals surface area contributed by atoms with E-state index >= 15 is 0 Å². The van der Waals surface area contributed by atoms with Crippen molar-refractivity contribution >= 4 is 5.78 Å². The zero-order valence-corrected chi connectivity index (χ0v) is 8.99. The quantitative estimate of drug-likeness (QED) is 0.684. The van der Waals surface area contributed by atoms with Crippen LogP contribution in [-0.4, -0.2) is 29.3 Å². The Morgan fingerprint density at radius 1 is 1.64 bits per heavy atom. The monoisotopic (exact) mass is 194 g/mol. The lowest BCUT2D eigenvalue weighted by atomic mass is 10.1. The summed E-state index contributed by atoms with van der Waals surface area (Å²) in [5, 5.41) is 8.54. The average molecular weight is 194 g/mol. The molecule has 0 N–H and O–H groups in total. The summed E-state index contributed by atoms with van der Waals surface area (Å²) in [6, 6.07) is 2.58. The van der Waals surface area contributed by atoms with Crippen molar-refractivity contribution in [3.05, 3.63) is 0 Å². The zero-order valence-electron chi connectivity index (χ0n) is 8.99. The first kappa shape index (κ1) is 11.2. The predicted molar refractivity (Wildman–Crippen MR) is 54.7 cm³/mol. The van der Waals surface area contributed by atoms with Gasteiger partial charge in [-0.05, 0) is 26.7 Å². The van der Waals surface area contributed by atoms with Crippen LogP contribution < -0.4 is 0 Å². The molecule has 0 spiro atoms. The number of rotatable bonds is 4. The van der Waals surface area contributed by atoms with E-state index in [-0.39, 0.29) is 6.04 Å². The summed E-state index contributed by atoms with van der Waals surface area (Å²) >= 11 is 0. The topological polar surface area (TPSA) is 44.1 Å². The maximum absolute atomic E-state index is 11.6. The first-order valence-corrected chi connectivity index (χ1v) is 5.32. The summed E-state index contributed by atoms with van der Waals surface area (Å²) in [5.74, 6) is 0.358. The van der Waals surface area contributed by atoms with Crippen LogP contribution in [0.3, 0.4) is 0 Å². The normalized spacial score (nSPS) is 21.9. The Kier molecular flexibility index (Phi) is 4.09. The molecule has 3 heteroatoms. The van der Waals surface area contributed by atoms with Gasteiger partial charge in [0.15, 0.2) is 0 Å². The number of Topliss-reactive ketones (excluding diaryl/α,β-unsaturated/α-hetero) is 1. The van der Waals surface area contributed by atoms with Crippen molar-refractivity contribution in [3.63, 3.8) is 0 Å². The van der Waals surface area contributed by atoms with Crippen molar-refractivity contribution < 1.29 is 4.79 Å². The number of nitriles is 1. The number of nitrogens with zero attached hydrogens (tertiary/aromatic N) is 2. The molecular weight excluding hydrogens is 176 g/mol. The van der Waals surface area contributed by atoms with E-state index in [0.717, 1.165) is 25.8 Å². The molecule has 1 unspecified atom stereocenters. The van der Waals surface area contributed by atoms with Gasteiger partial charge in [0.2, 0.25) is 0 Å². The Hall–Kier alpha value is -0.880. The van der Waals surface area contributed by atoms with E-state index in [0.29, 0.717) is 18.2 Å². The standard InChI is InChI=1S/C11H18N2O/c1-9(2)13(8-4-7-12)10-5-3-6-11(10)14/h9-10H,3-6,8H2,1-2H3. The second-order valence-electron chi connectivity index (χ2n) is 4.11. The van der Waals surface area contributed by atoms with Crippen molar-refractivity contribution in [3.8, 4) is 6.07 Å². The Labute approximate surface area is 85.7 Å². The molecule has 14 heavy (non-hydrogen) atoms. The van der Waals surface area contributed by atoms with E-state index in [1.165, 1.54) is 0 Å². The van der Waals surface area contributed by atoms with Gasteiger partial charge in [-0.3, -0.25) is 9.69 Å². The first-order valence-electron chi connectivity index (χ1n) is 5.32. The molecule has 1 atom stereocenters. The zero-order chi connectivity index (χ0) is 10.6. The molecule has 0 bridgehead atoms. The molecule has 1 saturated carbocycles. The summed E-state index contributed by atoms with van der Waals surface area (Å²) in [6.45, 7) is 4.90. The molecule has 0 aromatic rings. The minimum Gasteiger partial charge on any atom is -0.298 e. The van der Waals surface area contributed by atoms with Crippen LogP contribution in [0.5, 0.6) is 0 Å². The highest BCUT2D eigenvalue weighted by molar-refractivity contribution is 5.85. The summed E-state index contributed by atoms with van der Waals surface area (Å²) in [4.78, 5) is 13.7. The van der Waals surface area contributed by atoms with Crippen LogP contribution in [0.15, 0.2) is 0 Å². The number of hydrogen-bond donors (Lipinski definition) is 0. The Morgan fingerprint density at radius 2 is 2.36 bits per heavy atom. The molecular formula is C11H18N2O. The lowest BCUT2D eigenvalue weighted by Crippen LogP contribution is -2.43. The van der Waals surface area contributed by atoms with Gasteiger partial charge in [-0.25, -0.2) is 0 Å². The molecule has 1 rings (SSSR count). The fraction of sp³-hybridized carbons (Fsp3) is 0.818. The van der Waals surface area contributed by atoms with E-state index in [2.05, 4.69) is 24.8 Å². The summed E-state index contributed by atoms with van der Waals surface area (Å²) < 4.78 is 0. The SMILES string of the molecule is CC(C)N(CCC#N)C1CCCC1=O. The molecule has 1 aliphatic carbocycles. The second-order valence-corrected chi connectivity index (χ2v) is 4.11. The fourth-order valence-electron chi connectivity index (χ4n) is 2.10. The highest BCUT2D eigenvalue weighted by atomic mass is 16.1. The highest BCUT2D eigenvalue weighted by Crippen LogP contribution is 2.22. The van der Waals surface area contributed by atoms with Crippen molar-refractivity contribution in [2.24, 2.45) is 0 Å². The van der Waals surface area contributed by atoms with Crippen LogP contribution >= 0.6 is 0 Å². The highest BCUT2D eigenvalue weighted by Gasteiger charge is 2.30. The van der Waals surface area contributed by atoms with Gasteiger partial charge in [-0.15, -0.1) is 0 Å². The van der Waals surface area contributed by atoms with Crippen LogP contribution in [0, 0.1) is 11.3 Å². The van der Waals surface area contributed by atoms with Crippen LogP contribution in [0.1, 0.15) is 39.5 Å². The molecule has 1 aliphatic rings. The lowest BCUT2D eigenvalue weighted by Gasteiger charge is -2.30. The molecule has 78 valence electrons. The number of ketones is 1. The van der Waals surface area contributed by atoms with Crippen molar-refractivity contribution in [1.29, 1.82) is 5.26 Å².